The standard InChI is InChI=1S/C19H16BrN5O2S/c20-15-9-8-14(26-15)17-22-23-19(25(17)10-12-4-2-1-3-5-12)28-11-16-21-18(27-24-16)13-6-7-13/h1-5,8-9,13H,6-7,10-11H2. The van der Waals surface area contributed by atoms with Gasteiger partial charge in [-0.1, -0.05) is 47.3 Å². The van der Waals surface area contributed by atoms with Crippen LogP contribution in [0.15, 0.2) is 61.2 Å². The number of benzene rings is 1. The lowest BCUT2D eigenvalue weighted by molar-refractivity contribution is 0.375. The molecule has 1 aliphatic carbocycles. The zero-order chi connectivity index (χ0) is 18.9. The molecule has 1 saturated carbocycles. The Morgan fingerprint density at radius 1 is 1.11 bits per heavy atom. The Balaban J connectivity index is 1.41. The summed E-state index contributed by atoms with van der Waals surface area (Å²) in [5, 5.41) is 13.6. The van der Waals surface area contributed by atoms with Crippen LogP contribution >= 0.6 is 27.7 Å². The van der Waals surface area contributed by atoms with Gasteiger partial charge in [0.25, 0.3) is 0 Å². The molecule has 0 atom stereocenters. The third-order valence-electron chi connectivity index (χ3n) is 4.43. The summed E-state index contributed by atoms with van der Waals surface area (Å²) in [5.41, 5.74) is 1.16. The van der Waals surface area contributed by atoms with E-state index in [0.29, 0.717) is 40.3 Å². The summed E-state index contributed by atoms with van der Waals surface area (Å²) in [6.07, 6.45) is 2.28. The van der Waals surface area contributed by atoms with E-state index in [2.05, 4.69) is 48.4 Å². The number of hydrogen-bond acceptors (Lipinski definition) is 7. The molecular formula is C19H16BrN5O2S. The summed E-state index contributed by atoms with van der Waals surface area (Å²) in [6, 6.07) is 13.9. The molecule has 28 heavy (non-hydrogen) atoms. The van der Waals surface area contributed by atoms with Gasteiger partial charge in [0, 0.05) is 5.92 Å². The van der Waals surface area contributed by atoms with Crippen LogP contribution in [0.5, 0.6) is 0 Å². The van der Waals surface area contributed by atoms with Gasteiger partial charge in [-0.15, -0.1) is 10.2 Å². The highest BCUT2D eigenvalue weighted by Crippen LogP contribution is 2.39. The van der Waals surface area contributed by atoms with E-state index in [0.717, 1.165) is 29.5 Å². The van der Waals surface area contributed by atoms with Crippen LogP contribution < -0.4 is 0 Å². The Bertz CT molecular complexity index is 1090. The molecule has 1 fully saturated rings. The van der Waals surface area contributed by atoms with Gasteiger partial charge in [-0.2, -0.15) is 4.98 Å². The van der Waals surface area contributed by atoms with Gasteiger partial charge in [-0.3, -0.25) is 4.57 Å². The predicted molar refractivity (Wildman–Crippen MR) is 107 cm³/mol. The molecule has 0 radical (unpaired) electrons. The van der Waals surface area contributed by atoms with Crippen molar-refractivity contribution in [1.82, 2.24) is 24.9 Å². The Morgan fingerprint density at radius 2 is 1.96 bits per heavy atom. The molecule has 0 bridgehead atoms. The van der Waals surface area contributed by atoms with E-state index in [1.165, 1.54) is 11.8 Å². The third kappa shape index (κ3) is 3.77. The molecular weight excluding hydrogens is 442 g/mol. The van der Waals surface area contributed by atoms with Crippen LogP contribution in [0.4, 0.5) is 0 Å². The second-order valence-corrected chi connectivity index (χ2v) is 8.32. The average molecular weight is 458 g/mol. The summed E-state index contributed by atoms with van der Waals surface area (Å²) < 4.78 is 13.8. The van der Waals surface area contributed by atoms with Crippen LogP contribution in [-0.2, 0) is 12.3 Å². The largest absolute Gasteiger partial charge is 0.446 e. The van der Waals surface area contributed by atoms with E-state index in [1.54, 1.807) is 0 Å². The fourth-order valence-electron chi connectivity index (χ4n) is 2.87. The van der Waals surface area contributed by atoms with Gasteiger partial charge >= 0.3 is 0 Å². The molecule has 0 spiro atoms. The van der Waals surface area contributed by atoms with E-state index in [4.69, 9.17) is 8.94 Å². The summed E-state index contributed by atoms with van der Waals surface area (Å²) in [5.74, 6) is 3.81. The molecule has 0 saturated heterocycles. The van der Waals surface area contributed by atoms with Crippen molar-refractivity contribution in [2.45, 2.75) is 36.2 Å². The lowest BCUT2D eigenvalue weighted by Crippen LogP contribution is -2.04. The summed E-state index contributed by atoms with van der Waals surface area (Å²) in [6.45, 7) is 0.642. The highest BCUT2D eigenvalue weighted by atomic mass is 79.9. The Hall–Kier alpha value is -2.39. The molecule has 142 valence electrons. The normalized spacial score (nSPS) is 13.9. The molecule has 1 aliphatic rings. The molecule has 7 nitrogen and oxygen atoms in total. The van der Waals surface area contributed by atoms with Crippen LogP contribution in [0.3, 0.4) is 0 Å². The summed E-state index contributed by atoms with van der Waals surface area (Å²) in [7, 11) is 0. The molecule has 9 heteroatoms. The van der Waals surface area contributed by atoms with Crippen LogP contribution in [0.1, 0.15) is 36.0 Å². The maximum absolute atomic E-state index is 5.71. The minimum atomic E-state index is 0.456. The first-order valence-corrected chi connectivity index (χ1v) is 10.7. The van der Waals surface area contributed by atoms with Crippen LogP contribution in [0.2, 0.25) is 0 Å². The number of thioether (sulfide) groups is 1. The monoisotopic (exact) mass is 457 g/mol. The molecule has 5 rings (SSSR count). The van der Waals surface area contributed by atoms with Crippen molar-refractivity contribution in [2.75, 3.05) is 0 Å². The molecule has 0 aliphatic heterocycles. The minimum absolute atomic E-state index is 0.456. The Kier molecular flexibility index (Phi) is 4.77. The van der Waals surface area contributed by atoms with E-state index < -0.39 is 0 Å². The first-order chi connectivity index (χ1) is 13.8. The Labute approximate surface area is 173 Å². The highest BCUT2D eigenvalue weighted by Gasteiger charge is 2.29. The van der Waals surface area contributed by atoms with Gasteiger partial charge < -0.3 is 8.94 Å². The maximum Gasteiger partial charge on any atom is 0.229 e. The molecule has 0 amide bonds. The number of rotatable bonds is 7. The topological polar surface area (TPSA) is 82.8 Å². The number of nitrogens with zero attached hydrogens (tertiary/aromatic N) is 5. The summed E-state index contributed by atoms with van der Waals surface area (Å²) >= 11 is 4.89. The first-order valence-electron chi connectivity index (χ1n) is 8.94. The second-order valence-electron chi connectivity index (χ2n) is 6.59. The third-order valence-corrected chi connectivity index (χ3v) is 5.82. The zero-order valence-corrected chi connectivity index (χ0v) is 17.2. The molecule has 0 N–H and O–H groups in total. The van der Waals surface area contributed by atoms with E-state index in [1.807, 2.05) is 34.9 Å². The van der Waals surface area contributed by atoms with Crippen LogP contribution in [0.25, 0.3) is 11.6 Å². The highest BCUT2D eigenvalue weighted by molar-refractivity contribution is 9.10. The lowest BCUT2D eigenvalue weighted by Gasteiger charge is -2.08. The minimum Gasteiger partial charge on any atom is -0.446 e. The quantitative estimate of drug-likeness (QED) is 0.364. The van der Waals surface area contributed by atoms with Crippen molar-refractivity contribution in [1.29, 1.82) is 0 Å². The number of halogens is 1. The first kappa shape index (κ1) is 17.7. The molecule has 3 heterocycles. The van der Waals surface area contributed by atoms with Crippen LogP contribution in [-0.4, -0.2) is 24.9 Å². The second kappa shape index (κ2) is 7.56. The number of furan rings is 1. The molecule has 0 unspecified atom stereocenters. The number of aromatic nitrogens is 5. The van der Waals surface area contributed by atoms with Gasteiger partial charge in [-0.25, -0.2) is 0 Å². The van der Waals surface area contributed by atoms with Gasteiger partial charge in [0.2, 0.25) is 11.7 Å². The molecule has 4 aromatic rings. The average Bonchev–Trinajstić information content (AvgIpc) is 3.10. The number of hydrogen-bond donors (Lipinski definition) is 0. The fourth-order valence-corrected chi connectivity index (χ4v) is 3.96. The van der Waals surface area contributed by atoms with E-state index in [9.17, 15) is 0 Å². The van der Waals surface area contributed by atoms with Gasteiger partial charge in [0.05, 0.1) is 12.3 Å². The van der Waals surface area contributed by atoms with Crippen molar-refractivity contribution in [3.63, 3.8) is 0 Å². The van der Waals surface area contributed by atoms with Gasteiger partial charge in [-0.05, 0) is 46.5 Å². The zero-order valence-electron chi connectivity index (χ0n) is 14.8. The molecule has 3 aromatic heterocycles. The predicted octanol–water partition coefficient (Wildman–Crippen LogP) is 4.90. The van der Waals surface area contributed by atoms with Gasteiger partial charge in [0.15, 0.2) is 21.4 Å². The summed E-state index contributed by atoms with van der Waals surface area (Å²) in [4.78, 5) is 4.49. The van der Waals surface area contributed by atoms with Gasteiger partial charge in [0.1, 0.15) is 0 Å². The van der Waals surface area contributed by atoms with E-state index >= 15 is 0 Å². The maximum atomic E-state index is 5.71. The van der Waals surface area contributed by atoms with Crippen molar-refractivity contribution >= 4 is 27.7 Å². The van der Waals surface area contributed by atoms with Crippen molar-refractivity contribution in [2.24, 2.45) is 0 Å². The fraction of sp³-hybridized carbons (Fsp3) is 0.263. The SMILES string of the molecule is Brc1ccc(-c2nnc(SCc3noc(C4CC4)n3)n2Cc2ccccc2)o1. The van der Waals surface area contributed by atoms with E-state index in [-0.39, 0.29) is 0 Å². The van der Waals surface area contributed by atoms with Crippen molar-refractivity contribution in [3.05, 3.63) is 64.4 Å². The lowest BCUT2D eigenvalue weighted by atomic mass is 10.2. The Morgan fingerprint density at radius 3 is 2.71 bits per heavy atom. The smallest absolute Gasteiger partial charge is 0.229 e. The van der Waals surface area contributed by atoms with Crippen molar-refractivity contribution in [3.8, 4) is 11.6 Å². The van der Waals surface area contributed by atoms with Crippen LogP contribution in [0, 0.1) is 0 Å². The van der Waals surface area contributed by atoms with Crippen molar-refractivity contribution < 1.29 is 8.94 Å². The molecule has 1 aromatic carbocycles.